The lowest BCUT2D eigenvalue weighted by Gasteiger charge is -2.25. The average Bonchev–Trinajstić information content (AvgIpc) is 2.46. The Balaban J connectivity index is 1.84. The van der Waals surface area contributed by atoms with Gasteiger partial charge in [-0.1, -0.05) is 22.0 Å². The lowest BCUT2D eigenvalue weighted by Crippen LogP contribution is -2.30. The van der Waals surface area contributed by atoms with Crippen LogP contribution in [0.15, 0.2) is 22.7 Å². The van der Waals surface area contributed by atoms with Crippen molar-refractivity contribution in [2.45, 2.75) is 50.7 Å². The second-order valence-corrected chi connectivity index (χ2v) is 6.41. The molecule has 0 saturated carbocycles. The molecule has 1 N–H and O–H groups in total. The zero-order valence-corrected chi connectivity index (χ0v) is 13.6. The van der Waals surface area contributed by atoms with Crippen molar-refractivity contribution in [1.82, 2.24) is 5.32 Å². The molecule has 2 unspecified atom stereocenters. The lowest BCUT2D eigenvalue weighted by atomic mass is 9.97. The molecule has 0 bridgehead atoms. The van der Waals surface area contributed by atoms with E-state index in [1.165, 1.54) is 25.3 Å². The molecule has 20 heavy (non-hydrogen) atoms. The van der Waals surface area contributed by atoms with E-state index in [-0.39, 0.29) is 5.82 Å². The van der Waals surface area contributed by atoms with E-state index in [0.29, 0.717) is 12.1 Å². The molecule has 112 valence electrons. The molecule has 1 aliphatic rings. The van der Waals surface area contributed by atoms with Gasteiger partial charge in [0.2, 0.25) is 0 Å². The highest BCUT2D eigenvalue weighted by Gasteiger charge is 2.17. The second kappa shape index (κ2) is 8.11. The molecular formula is C16H23BrFNO. The maximum absolute atomic E-state index is 13.9. The summed E-state index contributed by atoms with van der Waals surface area (Å²) in [6, 6.07) is 5.60. The molecule has 0 aromatic heterocycles. The van der Waals surface area contributed by atoms with Gasteiger partial charge >= 0.3 is 0 Å². The van der Waals surface area contributed by atoms with Crippen LogP contribution in [0.1, 0.15) is 37.7 Å². The number of benzene rings is 1. The summed E-state index contributed by atoms with van der Waals surface area (Å²) in [6.07, 6.45) is 6.84. The molecular weight excluding hydrogens is 321 g/mol. The summed E-state index contributed by atoms with van der Waals surface area (Å²) < 4.78 is 20.4. The minimum absolute atomic E-state index is 0.131. The fourth-order valence-electron chi connectivity index (χ4n) is 2.72. The van der Waals surface area contributed by atoms with Gasteiger partial charge in [-0.15, -0.1) is 0 Å². The van der Waals surface area contributed by atoms with E-state index in [9.17, 15) is 4.39 Å². The molecule has 0 spiro atoms. The lowest BCUT2D eigenvalue weighted by molar-refractivity contribution is 0.00869. The van der Waals surface area contributed by atoms with Crippen molar-refractivity contribution in [3.8, 4) is 0 Å². The van der Waals surface area contributed by atoms with Crippen molar-refractivity contribution in [3.63, 3.8) is 0 Å². The number of hydrogen-bond donors (Lipinski definition) is 1. The van der Waals surface area contributed by atoms with Gasteiger partial charge < -0.3 is 10.1 Å². The summed E-state index contributed by atoms with van der Waals surface area (Å²) >= 11 is 3.29. The third-order valence-corrected chi connectivity index (χ3v) is 4.49. The Kier molecular flexibility index (Phi) is 6.46. The van der Waals surface area contributed by atoms with Gasteiger partial charge in [-0.3, -0.25) is 0 Å². The van der Waals surface area contributed by atoms with Crippen LogP contribution in [-0.4, -0.2) is 25.8 Å². The first-order valence-electron chi connectivity index (χ1n) is 7.42. The van der Waals surface area contributed by atoms with Crippen LogP contribution in [0.3, 0.4) is 0 Å². The minimum Gasteiger partial charge on any atom is -0.378 e. The Morgan fingerprint density at radius 1 is 1.45 bits per heavy atom. The first kappa shape index (κ1) is 15.9. The van der Waals surface area contributed by atoms with Gasteiger partial charge in [0.05, 0.1) is 6.10 Å². The van der Waals surface area contributed by atoms with Crippen molar-refractivity contribution >= 4 is 15.9 Å². The van der Waals surface area contributed by atoms with E-state index >= 15 is 0 Å². The van der Waals surface area contributed by atoms with Gasteiger partial charge in [-0.05, 0) is 63.3 Å². The van der Waals surface area contributed by atoms with Crippen LogP contribution in [0.5, 0.6) is 0 Å². The Morgan fingerprint density at radius 2 is 2.30 bits per heavy atom. The molecule has 0 radical (unpaired) electrons. The van der Waals surface area contributed by atoms with Crippen LogP contribution in [0, 0.1) is 5.82 Å². The number of halogens is 2. The summed E-state index contributed by atoms with van der Waals surface area (Å²) in [5, 5.41) is 3.30. The molecule has 1 aromatic carbocycles. The molecule has 1 heterocycles. The van der Waals surface area contributed by atoms with Crippen LogP contribution < -0.4 is 5.32 Å². The summed E-state index contributed by atoms with van der Waals surface area (Å²) in [6.45, 7) is 0.899. The van der Waals surface area contributed by atoms with E-state index in [0.717, 1.165) is 35.9 Å². The summed E-state index contributed by atoms with van der Waals surface area (Å²) in [5.74, 6) is -0.131. The number of rotatable bonds is 6. The second-order valence-electron chi connectivity index (χ2n) is 5.49. The van der Waals surface area contributed by atoms with E-state index in [1.807, 2.05) is 19.2 Å². The van der Waals surface area contributed by atoms with Crippen molar-refractivity contribution < 1.29 is 9.13 Å². The number of hydrogen-bond acceptors (Lipinski definition) is 2. The van der Waals surface area contributed by atoms with E-state index < -0.39 is 0 Å². The molecule has 0 amide bonds. The molecule has 4 heteroatoms. The third kappa shape index (κ3) is 4.83. The van der Waals surface area contributed by atoms with Crippen molar-refractivity contribution in [2.75, 3.05) is 13.7 Å². The molecule has 0 aliphatic carbocycles. The Hall–Kier alpha value is -0.450. The minimum atomic E-state index is -0.131. The zero-order chi connectivity index (χ0) is 14.4. The van der Waals surface area contributed by atoms with Gasteiger partial charge in [0.25, 0.3) is 0 Å². The predicted molar refractivity (Wildman–Crippen MR) is 83.5 cm³/mol. The van der Waals surface area contributed by atoms with Crippen molar-refractivity contribution in [3.05, 3.63) is 34.1 Å². The Labute approximate surface area is 129 Å². The number of ether oxygens (including phenoxy) is 1. The Morgan fingerprint density at radius 3 is 2.95 bits per heavy atom. The molecule has 1 saturated heterocycles. The van der Waals surface area contributed by atoms with Crippen LogP contribution in [-0.2, 0) is 11.2 Å². The van der Waals surface area contributed by atoms with E-state index in [1.54, 1.807) is 0 Å². The van der Waals surface area contributed by atoms with Crippen LogP contribution in [0.4, 0.5) is 4.39 Å². The van der Waals surface area contributed by atoms with Crippen molar-refractivity contribution in [1.29, 1.82) is 0 Å². The normalized spacial score (nSPS) is 20.9. The van der Waals surface area contributed by atoms with E-state index in [2.05, 4.69) is 21.2 Å². The number of likely N-dealkylation sites (N-methyl/N-ethyl adjacent to an activating group) is 1. The summed E-state index contributed by atoms with van der Waals surface area (Å²) in [5.41, 5.74) is 0.775. The highest BCUT2D eigenvalue weighted by Crippen LogP contribution is 2.20. The van der Waals surface area contributed by atoms with Crippen molar-refractivity contribution in [2.24, 2.45) is 0 Å². The zero-order valence-electron chi connectivity index (χ0n) is 12.0. The quantitative estimate of drug-likeness (QED) is 0.840. The molecule has 1 aliphatic heterocycles. The molecule has 1 aromatic rings. The van der Waals surface area contributed by atoms with Gasteiger partial charge in [-0.25, -0.2) is 4.39 Å². The maximum atomic E-state index is 13.9. The molecule has 1 fully saturated rings. The third-order valence-electron chi connectivity index (χ3n) is 4.00. The van der Waals surface area contributed by atoms with Gasteiger partial charge in [-0.2, -0.15) is 0 Å². The van der Waals surface area contributed by atoms with Crippen LogP contribution >= 0.6 is 15.9 Å². The molecule has 2 atom stereocenters. The highest BCUT2D eigenvalue weighted by atomic mass is 79.9. The SMILES string of the molecule is CNC(CCC1CCCCO1)Cc1ccc(Br)cc1F. The maximum Gasteiger partial charge on any atom is 0.127 e. The largest absolute Gasteiger partial charge is 0.378 e. The fraction of sp³-hybridized carbons (Fsp3) is 0.625. The topological polar surface area (TPSA) is 21.3 Å². The van der Waals surface area contributed by atoms with Gasteiger partial charge in [0.1, 0.15) is 5.82 Å². The van der Waals surface area contributed by atoms with E-state index in [4.69, 9.17) is 4.74 Å². The predicted octanol–water partition coefficient (Wildman–Crippen LogP) is 4.07. The summed E-state index contributed by atoms with van der Waals surface area (Å²) in [7, 11) is 1.95. The first-order valence-corrected chi connectivity index (χ1v) is 8.21. The Bertz CT molecular complexity index is 421. The monoisotopic (exact) mass is 343 g/mol. The molecule has 2 rings (SSSR count). The summed E-state index contributed by atoms with van der Waals surface area (Å²) in [4.78, 5) is 0. The first-order chi connectivity index (χ1) is 9.69. The standard InChI is InChI=1S/C16H23BrFNO/c1-19-14(7-8-15-4-2-3-9-20-15)10-12-5-6-13(17)11-16(12)18/h5-6,11,14-15,19H,2-4,7-10H2,1H3. The van der Waals surface area contributed by atoms with Gasteiger partial charge in [0, 0.05) is 17.1 Å². The number of nitrogens with one attached hydrogen (secondary N) is 1. The fourth-order valence-corrected chi connectivity index (χ4v) is 3.06. The highest BCUT2D eigenvalue weighted by molar-refractivity contribution is 9.10. The smallest absolute Gasteiger partial charge is 0.127 e. The molecule has 2 nitrogen and oxygen atoms in total. The average molecular weight is 344 g/mol. The van der Waals surface area contributed by atoms with Crippen LogP contribution in [0.2, 0.25) is 0 Å². The van der Waals surface area contributed by atoms with Gasteiger partial charge in [0.15, 0.2) is 0 Å². The van der Waals surface area contributed by atoms with Crippen LogP contribution in [0.25, 0.3) is 0 Å².